The molecule has 7 N–H and O–H groups in total. The summed E-state index contributed by atoms with van der Waals surface area (Å²) in [7, 11) is 1.29. The van der Waals surface area contributed by atoms with E-state index in [1.54, 1.807) is 18.2 Å². The van der Waals surface area contributed by atoms with E-state index in [1.165, 1.54) is 7.11 Å². The lowest BCUT2D eigenvalue weighted by Gasteiger charge is -2.49. The Bertz CT molecular complexity index is 1270. The second-order valence-corrected chi connectivity index (χ2v) is 11.2. The Balaban J connectivity index is 1.49. The first kappa shape index (κ1) is 29.7. The van der Waals surface area contributed by atoms with E-state index in [-0.39, 0.29) is 36.7 Å². The van der Waals surface area contributed by atoms with Gasteiger partial charge in [0.05, 0.1) is 32.3 Å². The van der Waals surface area contributed by atoms with E-state index in [9.17, 15) is 40.2 Å². The minimum absolute atomic E-state index is 0.00572. The first-order valence-electron chi connectivity index (χ1n) is 13.9. The van der Waals surface area contributed by atoms with Gasteiger partial charge in [0, 0.05) is 29.6 Å². The molecule has 0 saturated carbocycles. The van der Waals surface area contributed by atoms with Crippen LogP contribution in [0.3, 0.4) is 0 Å². The van der Waals surface area contributed by atoms with Gasteiger partial charge in [0.2, 0.25) is 6.29 Å². The Morgan fingerprint density at radius 3 is 2.56 bits per heavy atom. The van der Waals surface area contributed by atoms with Crippen LogP contribution in [0, 0.1) is 17.8 Å². The number of ether oxygens (including phenoxy) is 3. The zero-order chi connectivity index (χ0) is 29.6. The first-order valence-corrected chi connectivity index (χ1v) is 13.9. The summed E-state index contributed by atoms with van der Waals surface area (Å²) in [5, 5.41) is 61.1. The van der Waals surface area contributed by atoms with Gasteiger partial charge in [-0.05, 0) is 42.0 Å². The number of methoxy groups -OCH3 is 1. The Labute approximate surface area is 236 Å². The van der Waals surface area contributed by atoms with Crippen LogP contribution in [0.5, 0.6) is 5.75 Å². The summed E-state index contributed by atoms with van der Waals surface area (Å²) in [5.74, 6) is -2.10. The molecule has 41 heavy (non-hydrogen) atoms. The fourth-order valence-corrected chi connectivity index (χ4v) is 6.87. The molecular formula is C28H38N2O11. The largest absolute Gasteiger partial charge is 0.480 e. The van der Waals surface area contributed by atoms with Crippen LogP contribution >= 0.6 is 0 Å². The SMILES string of the molecule is CC[C@@H]1CN2[C@H](C(=O)O)Cc3c([nH]c4ccc(O[C@@H]5O[C@H](CO)[C@@H](O)[C@H](O)[C@H]5O)cc34)[C@@H]2C[C@@H]1[C@@H](CO)C(=O)OC. The summed E-state index contributed by atoms with van der Waals surface area (Å²) < 4.78 is 16.3. The molecule has 0 spiro atoms. The van der Waals surface area contributed by atoms with Gasteiger partial charge in [0.15, 0.2) is 0 Å². The molecule has 5 rings (SSSR count). The van der Waals surface area contributed by atoms with Gasteiger partial charge in [0.25, 0.3) is 0 Å². The summed E-state index contributed by atoms with van der Waals surface area (Å²) in [6.45, 7) is 1.50. The number of hydrogen-bond donors (Lipinski definition) is 7. The molecule has 2 saturated heterocycles. The number of carbonyl (C=O) groups excluding carboxylic acids is 1. The quantitative estimate of drug-likeness (QED) is 0.199. The summed E-state index contributed by atoms with van der Waals surface area (Å²) in [6.07, 6.45) is -5.76. The lowest BCUT2D eigenvalue weighted by Crippen LogP contribution is -2.60. The second-order valence-electron chi connectivity index (χ2n) is 11.2. The highest BCUT2D eigenvalue weighted by atomic mass is 16.7. The third kappa shape index (κ3) is 5.20. The summed E-state index contributed by atoms with van der Waals surface area (Å²) >= 11 is 0. The molecule has 2 aromatic rings. The number of carbonyl (C=O) groups is 2. The molecule has 0 amide bonds. The molecule has 13 heteroatoms. The van der Waals surface area contributed by atoms with Crippen molar-refractivity contribution in [3.8, 4) is 5.75 Å². The van der Waals surface area contributed by atoms with Crippen LogP contribution in [0.25, 0.3) is 10.9 Å². The highest BCUT2D eigenvalue weighted by molar-refractivity contribution is 5.88. The van der Waals surface area contributed by atoms with Gasteiger partial charge in [-0.3, -0.25) is 14.5 Å². The van der Waals surface area contributed by atoms with Gasteiger partial charge < -0.3 is 49.8 Å². The van der Waals surface area contributed by atoms with Crippen LogP contribution < -0.4 is 4.74 Å². The number of aromatic amines is 1. The van der Waals surface area contributed by atoms with Crippen molar-refractivity contribution in [1.29, 1.82) is 0 Å². The van der Waals surface area contributed by atoms with Crippen molar-refractivity contribution in [3.05, 3.63) is 29.5 Å². The number of aliphatic hydroxyl groups excluding tert-OH is 5. The number of aliphatic hydroxyl groups is 5. The second kappa shape index (κ2) is 11.8. The molecule has 1 aromatic heterocycles. The number of rotatable bonds is 8. The smallest absolute Gasteiger partial charge is 0.321 e. The lowest BCUT2D eigenvalue weighted by atomic mass is 9.70. The average molecular weight is 579 g/mol. The number of carboxylic acids is 1. The molecule has 3 aliphatic heterocycles. The van der Waals surface area contributed by atoms with Crippen molar-refractivity contribution in [1.82, 2.24) is 9.88 Å². The minimum Gasteiger partial charge on any atom is -0.480 e. The number of aliphatic carboxylic acids is 1. The fraction of sp³-hybridized carbons (Fsp3) is 0.643. The maximum absolute atomic E-state index is 12.5. The van der Waals surface area contributed by atoms with Gasteiger partial charge in [-0.1, -0.05) is 13.3 Å². The van der Waals surface area contributed by atoms with E-state index in [4.69, 9.17) is 14.2 Å². The fourth-order valence-electron chi connectivity index (χ4n) is 6.87. The zero-order valence-corrected chi connectivity index (χ0v) is 22.9. The lowest BCUT2D eigenvalue weighted by molar-refractivity contribution is -0.277. The van der Waals surface area contributed by atoms with Crippen LogP contribution in [0.1, 0.15) is 37.1 Å². The van der Waals surface area contributed by atoms with Gasteiger partial charge in [-0.15, -0.1) is 0 Å². The van der Waals surface area contributed by atoms with Gasteiger partial charge in [-0.25, -0.2) is 0 Å². The van der Waals surface area contributed by atoms with Gasteiger partial charge in [-0.2, -0.15) is 0 Å². The molecule has 2 fully saturated rings. The number of H-pyrrole nitrogens is 1. The summed E-state index contributed by atoms with van der Waals surface area (Å²) in [6, 6.07) is 3.94. The molecule has 13 nitrogen and oxygen atoms in total. The predicted molar refractivity (Wildman–Crippen MR) is 142 cm³/mol. The molecule has 0 unspecified atom stereocenters. The van der Waals surface area contributed by atoms with E-state index in [2.05, 4.69) is 4.98 Å². The van der Waals surface area contributed by atoms with Crippen molar-refractivity contribution in [2.24, 2.45) is 17.8 Å². The van der Waals surface area contributed by atoms with Crippen LogP contribution in [0.2, 0.25) is 0 Å². The van der Waals surface area contributed by atoms with E-state index >= 15 is 0 Å². The number of carboxylic acid groups (broad SMARTS) is 1. The van der Waals surface area contributed by atoms with Crippen molar-refractivity contribution in [2.75, 3.05) is 26.9 Å². The van der Waals surface area contributed by atoms with E-state index < -0.39 is 61.2 Å². The molecular weight excluding hydrogens is 540 g/mol. The maximum Gasteiger partial charge on any atom is 0.321 e. The first-order chi connectivity index (χ1) is 19.6. The molecule has 226 valence electrons. The molecule has 3 aliphatic rings. The van der Waals surface area contributed by atoms with Crippen molar-refractivity contribution in [3.63, 3.8) is 0 Å². The number of nitrogens with one attached hydrogen (secondary N) is 1. The highest BCUT2D eigenvalue weighted by Gasteiger charge is 2.49. The molecule has 0 aliphatic carbocycles. The Hall–Kier alpha value is -2.78. The standard InChI is InChI=1S/C28H38N2O11/c1-3-12-9-30-19(7-14(12)17(10-31)27(38)39-2)22-16(8-20(30)26(36)37)15-6-13(4-5-18(15)29-22)40-28-25(35)24(34)23(33)21(11-32)41-28/h4-6,12,14,17,19-21,23-25,28-29,31-35H,3,7-11H2,1-2H3,(H,36,37)/t12-,14+,17-,19+,20+,21-,23-,24+,25-,28-/m1/s1. The molecule has 1 aromatic carbocycles. The van der Waals surface area contributed by atoms with Crippen LogP contribution in [-0.4, -0.2) is 116 Å². The normalized spacial score (nSPS) is 34.5. The van der Waals surface area contributed by atoms with Crippen LogP contribution in [0.4, 0.5) is 0 Å². The average Bonchev–Trinajstić information content (AvgIpc) is 3.34. The number of aromatic nitrogens is 1. The van der Waals surface area contributed by atoms with Crippen molar-refractivity contribution >= 4 is 22.8 Å². The van der Waals surface area contributed by atoms with Crippen molar-refractivity contribution in [2.45, 2.75) is 69.0 Å². The summed E-state index contributed by atoms with van der Waals surface area (Å²) in [4.78, 5) is 30.4. The summed E-state index contributed by atoms with van der Waals surface area (Å²) in [5.41, 5.74) is 2.37. The van der Waals surface area contributed by atoms with E-state index in [1.807, 2.05) is 11.8 Å². The van der Waals surface area contributed by atoms with Gasteiger partial charge >= 0.3 is 11.9 Å². The van der Waals surface area contributed by atoms with Crippen molar-refractivity contribution < 1.29 is 54.4 Å². The monoisotopic (exact) mass is 578 g/mol. The predicted octanol–water partition coefficient (Wildman–Crippen LogP) is -0.473. The zero-order valence-electron chi connectivity index (χ0n) is 22.9. The van der Waals surface area contributed by atoms with Gasteiger partial charge in [0.1, 0.15) is 36.2 Å². The topological polar surface area (TPSA) is 202 Å². The number of fused-ring (bicyclic) bond motifs is 5. The molecule has 0 radical (unpaired) electrons. The third-order valence-corrected chi connectivity index (χ3v) is 9.12. The van der Waals surface area contributed by atoms with Crippen LogP contribution in [0.15, 0.2) is 18.2 Å². The number of esters is 1. The minimum atomic E-state index is -1.59. The Morgan fingerprint density at radius 2 is 1.93 bits per heavy atom. The molecule has 0 bridgehead atoms. The van der Waals surface area contributed by atoms with Crippen LogP contribution in [-0.2, 0) is 25.5 Å². The van der Waals surface area contributed by atoms with E-state index in [0.717, 1.165) is 16.8 Å². The maximum atomic E-state index is 12.5. The van der Waals surface area contributed by atoms with E-state index in [0.29, 0.717) is 24.8 Å². The Kier molecular flexibility index (Phi) is 8.58. The highest BCUT2D eigenvalue weighted by Crippen LogP contribution is 2.48. The number of nitrogens with zero attached hydrogens (tertiary/aromatic N) is 1. The number of benzene rings is 1. The third-order valence-electron chi connectivity index (χ3n) is 9.12. The number of piperidine rings is 1. The Morgan fingerprint density at radius 1 is 1.17 bits per heavy atom. The number of hydrogen-bond acceptors (Lipinski definition) is 11. The molecule has 10 atom stereocenters. The molecule has 4 heterocycles.